The molecule has 130 valence electrons. The average Bonchev–Trinajstić information content (AvgIpc) is 2.93. The van der Waals surface area contributed by atoms with Crippen LogP contribution in [-0.4, -0.2) is 27.3 Å². The number of hydrogen-bond acceptors (Lipinski definition) is 4. The van der Waals surface area contributed by atoms with Crippen molar-refractivity contribution in [2.75, 3.05) is 5.75 Å². The van der Waals surface area contributed by atoms with Gasteiger partial charge in [-0.1, -0.05) is 53.7 Å². The zero-order valence-electron chi connectivity index (χ0n) is 14.3. The number of aromatic amines is 1. The van der Waals surface area contributed by atoms with Crippen molar-refractivity contribution in [3.05, 3.63) is 47.5 Å². The molecule has 6 heteroatoms. The number of aromatic nitrogens is 2. The molecule has 0 aliphatic rings. The lowest BCUT2D eigenvalue weighted by Gasteiger charge is -2.18. The summed E-state index contributed by atoms with van der Waals surface area (Å²) >= 11 is 7.74. The van der Waals surface area contributed by atoms with Gasteiger partial charge >= 0.3 is 5.97 Å². The molecule has 0 fully saturated rings. The Kier molecular flexibility index (Phi) is 5.06. The molecule has 0 saturated heterocycles. The number of carbonyl (C=O) groups is 1. The highest BCUT2D eigenvalue weighted by atomic mass is 35.5. The third-order valence-electron chi connectivity index (χ3n) is 3.38. The van der Waals surface area contributed by atoms with Crippen LogP contribution in [0.5, 0.6) is 0 Å². The van der Waals surface area contributed by atoms with E-state index in [-0.39, 0.29) is 11.7 Å². The molecule has 4 nitrogen and oxygen atoms in total. The molecule has 25 heavy (non-hydrogen) atoms. The van der Waals surface area contributed by atoms with Gasteiger partial charge in [-0.3, -0.25) is 4.79 Å². The maximum absolute atomic E-state index is 11.8. The summed E-state index contributed by atoms with van der Waals surface area (Å²) in [5, 5.41) is 1.33. The van der Waals surface area contributed by atoms with Crippen molar-refractivity contribution in [1.82, 2.24) is 9.97 Å². The number of carbonyl (C=O) groups excluding carboxylic acids is 1. The minimum absolute atomic E-state index is 0.205. The normalized spacial score (nSPS) is 11.7. The number of halogens is 1. The summed E-state index contributed by atoms with van der Waals surface area (Å²) in [6, 6.07) is 13.8. The highest BCUT2D eigenvalue weighted by Crippen LogP contribution is 2.32. The van der Waals surface area contributed by atoms with E-state index in [4.69, 9.17) is 16.3 Å². The number of thioether (sulfide) groups is 1. The Hall–Kier alpha value is -1.98. The maximum atomic E-state index is 11.8. The molecular weight excluding hydrogens is 356 g/mol. The van der Waals surface area contributed by atoms with Crippen LogP contribution >= 0.6 is 23.4 Å². The molecule has 0 amide bonds. The van der Waals surface area contributed by atoms with Gasteiger partial charge in [0.15, 0.2) is 5.16 Å². The Morgan fingerprint density at radius 1 is 1.24 bits per heavy atom. The van der Waals surface area contributed by atoms with Gasteiger partial charge in [-0.05, 0) is 38.5 Å². The number of nitrogens with zero attached hydrogens (tertiary/aromatic N) is 1. The molecule has 0 unspecified atom stereocenters. The van der Waals surface area contributed by atoms with Crippen molar-refractivity contribution in [2.24, 2.45) is 0 Å². The van der Waals surface area contributed by atoms with Crippen LogP contribution in [0, 0.1) is 0 Å². The SMILES string of the molecule is CC(C)(C)OC(=O)CSc1nc2cc(-c3ccccc3)c(Cl)cc2[nH]1. The van der Waals surface area contributed by atoms with E-state index in [0.29, 0.717) is 10.2 Å². The molecule has 0 aliphatic heterocycles. The Bertz CT molecular complexity index is 901. The molecule has 0 spiro atoms. The van der Waals surface area contributed by atoms with Crippen LogP contribution in [0.4, 0.5) is 0 Å². The molecule has 0 radical (unpaired) electrons. The largest absolute Gasteiger partial charge is 0.459 e. The monoisotopic (exact) mass is 374 g/mol. The molecule has 0 saturated carbocycles. The molecule has 0 aliphatic carbocycles. The summed E-state index contributed by atoms with van der Waals surface area (Å²) in [6.07, 6.45) is 0. The zero-order valence-corrected chi connectivity index (χ0v) is 15.9. The molecule has 3 aromatic rings. The number of benzene rings is 2. The second-order valence-corrected chi connectivity index (χ2v) is 8.00. The topological polar surface area (TPSA) is 55.0 Å². The first-order chi connectivity index (χ1) is 11.8. The third-order valence-corrected chi connectivity index (χ3v) is 4.54. The molecule has 1 N–H and O–H groups in total. The van der Waals surface area contributed by atoms with E-state index in [1.165, 1.54) is 11.8 Å². The van der Waals surface area contributed by atoms with Crippen molar-refractivity contribution in [3.8, 4) is 11.1 Å². The van der Waals surface area contributed by atoms with Crippen molar-refractivity contribution in [3.63, 3.8) is 0 Å². The van der Waals surface area contributed by atoms with Crippen molar-refractivity contribution >= 4 is 40.4 Å². The van der Waals surface area contributed by atoms with Gasteiger partial charge in [-0.2, -0.15) is 0 Å². The summed E-state index contributed by atoms with van der Waals surface area (Å²) in [5.41, 5.74) is 3.15. The first-order valence-electron chi connectivity index (χ1n) is 7.91. The lowest BCUT2D eigenvalue weighted by Crippen LogP contribution is -2.24. The molecule has 1 aromatic heterocycles. The number of ether oxygens (including phenoxy) is 1. The number of H-pyrrole nitrogens is 1. The highest BCUT2D eigenvalue weighted by Gasteiger charge is 2.17. The van der Waals surface area contributed by atoms with E-state index in [9.17, 15) is 4.79 Å². The first kappa shape index (κ1) is 17.8. The zero-order chi connectivity index (χ0) is 18.0. The van der Waals surface area contributed by atoms with Gasteiger partial charge in [-0.25, -0.2) is 4.98 Å². The van der Waals surface area contributed by atoms with E-state index < -0.39 is 5.60 Å². The van der Waals surface area contributed by atoms with Crippen LogP contribution in [0.25, 0.3) is 22.2 Å². The van der Waals surface area contributed by atoms with Gasteiger partial charge in [0.25, 0.3) is 0 Å². The van der Waals surface area contributed by atoms with Crippen molar-refractivity contribution < 1.29 is 9.53 Å². The van der Waals surface area contributed by atoms with Crippen LogP contribution in [-0.2, 0) is 9.53 Å². The summed E-state index contributed by atoms with van der Waals surface area (Å²) < 4.78 is 5.31. The minimum atomic E-state index is -0.483. The molecular formula is C19H19ClN2O2S. The number of fused-ring (bicyclic) bond motifs is 1. The van der Waals surface area contributed by atoms with Crippen LogP contribution in [0.3, 0.4) is 0 Å². The Morgan fingerprint density at radius 3 is 2.64 bits per heavy atom. The lowest BCUT2D eigenvalue weighted by atomic mass is 10.1. The standard InChI is InChI=1S/C19H19ClN2O2S/c1-19(2,3)24-17(23)11-25-18-21-15-9-13(12-7-5-4-6-8-12)14(20)10-16(15)22-18/h4-10H,11H2,1-3H3,(H,21,22). The Labute approximate surface area is 155 Å². The van der Waals surface area contributed by atoms with Gasteiger partial charge in [0, 0.05) is 5.56 Å². The van der Waals surface area contributed by atoms with E-state index in [1.807, 2.05) is 63.2 Å². The quantitative estimate of drug-likeness (QED) is 0.496. The van der Waals surface area contributed by atoms with E-state index in [2.05, 4.69) is 9.97 Å². The lowest BCUT2D eigenvalue weighted by molar-refractivity contribution is -0.151. The molecule has 0 bridgehead atoms. The number of imidazole rings is 1. The van der Waals surface area contributed by atoms with Crippen LogP contribution in [0.15, 0.2) is 47.6 Å². The highest BCUT2D eigenvalue weighted by molar-refractivity contribution is 7.99. The van der Waals surface area contributed by atoms with Gasteiger partial charge < -0.3 is 9.72 Å². The van der Waals surface area contributed by atoms with Crippen molar-refractivity contribution in [1.29, 1.82) is 0 Å². The van der Waals surface area contributed by atoms with Crippen LogP contribution in [0.1, 0.15) is 20.8 Å². The van der Waals surface area contributed by atoms with Gasteiger partial charge in [-0.15, -0.1) is 0 Å². The fourth-order valence-electron chi connectivity index (χ4n) is 2.41. The Balaban J connectivity index is 1.80. The Morgan fingerprint density at radius 2 is 1.96 bits per heavy atom. The predicted octanol–water partition coefficient (Wildman–Crippen LogP) is 5.32. The summed E-state index contributed by atoms with van der Waals surface area (Å²) in [5.74, 6) is -0.0583. The summed E-state index contributed by atoms with van der Waals surface area (Å²) in [4.78, 5) is 19.6. The van der Waals surface area contributed by atoms with Gasteiger partial charge in [0.1, 0.15) is 5.60 Å². The van der Waals surface area contributed by atoms with E-state index in [0.717, 1.165) is 22.2 Å². The van der Waals surface area contributed by atoms with Gasteiger partial charge in [0.05, 0.1) is 21.8 Å². The van der Waals surface area contributed by atoms with E-state index >= 15 is 0 Å². The fraction of sp³-hybridized carbons (Fsp3) is 0.263. The smallest absolute Gasteiger partial charge is 0.316 e. The van der Waals surface area contributed by atoms with Crippen LogP contribution < -0.4 is 0 Å². The fourth-order valence-corrected chi connectivity index (χ4v) is 3.34. The minimum Gasteiger partial charge on any atom is -0.459 e. The predicted molar refractivity (Wildman–Crippen MR) is 103 cm³/mol. The number of nitrogens with one attached hydrogen (secondary N) is 1. The molecule has 3 rings (SSSR count). The number of rotatable bonds is 4. The summed E-state index contributed by atoms with van der Waals surface area (Å²) in [7, 11) is 0. The van der Waals surface area contributed by atoms with Crippen molar-refractivity contribution in [2.45, 2.75) is 31.5 Å². The molecule has 1 heterocycles. The number of esters is 1. The molecule has 0 atom stereocenters. The third kappa shape index (κ3) is 4.55. The first-order valence-corrected chi connectivity index (χ1v) is 9.27. The number of hydrogen-bond donors (Lipinski definition) is 1. The molecule has 2 aromatic carbocycles. The second kappa shape index (κ2) is 7.10. The average molecular weight is 375 g/mol. The second-order valence-electron chi connectivity index (χ2n) is 6.63. The van der Waals surface area contributed by atoms with E-state index in [1.54, 1.807) is 0 Å². The van der Waals surface area contributed by atoms with Gasteiger partial charge in [0.2, 0.25) is 0 Å². The maximum Gasteiger partial charge on any atom is 0.316 e. The van der Waals surface area contributed by atoms with Crippen LogP contribution in [0.2, 0.25) is 5.02 Å². The summed E-state index contributed by atoms with van der Waals surface area (Å²) in [6.45, 7) is 5.55.